The van der Waals surface area contributed by atoms with Crippen LogP contribution in [0.3, 0.4) is 0 Å². The lowest BCUT2D eigenvalue weighted by atomic mass is 9.99. The van der Waals surface area contributed by atoms with Crippen molar-refractivity contribution < 1.29 is 19.8 Å². The maximum absolute atomic E-state index is 11.0. The topological polar surface area (TPSA) is 74.6 Å². The third kappa shape index (κ3) is 3.59. The Balaban J connectivity index is 3.83. The standard InChI is InChI=1S/C8H14O4/c1-6(5-10)8(12)7(11)3-2-4-9/h4,6,8,10,12H,2-3,5H2,1H3. The quantitative estimate of drug-likeness (QED) is 0.533. The highest BCUT2D eigenvalue weighted by molar-refractivity contribution is 5.84. The van der Waals surface area contributed by atoms with Crippen LogP contribution in [0.25, 0.3) is 0 Å². The van der Waals surface area contributed by atoms with Gasteiger partial charge >= 0.3 is 0 Å². The fourth-order valence-electron chi connectivity index (χ4n) is 0.766. The molecule has 0 aromatic carbocycles. The number of carbonyl (C=O) groups excluding carboxylic acids is 2. The molecule has 4 heteroatoms. The zero-order valence-corrected chi connectivity index (χ0v) is 7.06. The van der Waals surface area contributed by atoms with Gasteiger partial charge in [-0.1, -0.05) is 6.92 Å². The highest BCUT2D eigenvalue weighted by atomic mass is 16.3. The summed E-state index contributed by atoms with van der Waals surface area (Å²) in [6, 6.07) is 0. The van der Waals surface area contributed by atoms with Crippen molar-refractivity contribution >= 4 is 12.1 Å². The Hall–Kier alpha value is -0.740. The fourth-order valence-corrected chi connectivity index (χ4v) is 0.766. The second-order valence-corrected chi connectivity index (χ2v) is 2.78. The van der Waals surface area contributed by atoms with Crippen LogP contribution in [0.4, 0.5) is 0 Å². The summed E-state index contributed by atoms with van der Waals surface area (Å²) in [4.78, 5) is 20.9. The molecule has 0 aromatic heterocycles. The third-order valence-corrected chi connectivity index (χ3v) is 1.67. The molecule has 70 valence electrons. The molecule has 0 aliphatic rings. The van der Waals surface area contributed by atoms with Crippen LogP contribution in [0.5, 0.6) is 0 Å². The number of aliphatic hydroxyl groups is 2. The van der Waals surface area contributed by atoms with Gasteiger partial charge in [0.2, 0.25) is 0 Å². The van der Waals surface area contributed by atoms with E-state index in [1.54, 1.807) is 6.92 Å². The molecule has 0 aliphatic carbocycles. The molecule has 0 bridgehead atoms. The summed E-state index contributed by atoms with van der Waals surface area (Å²) >= 11 is 0. The number of carbonyl (C=O) groups is 2. The first-order valence-corrected chi connectivity index (χ1v) is 3.88. The number of hydrogen-bond donors (Lipinski definition) is 2. The van der Waals surface area contributed by atoms with Gasteiger partial charge in [-0.25, -0.2) is 0 Å². The van der Waals surface area contributed by atoms with Crippen LogP contribution >= 0.6 is 0 Å². The van der Waals surface area contributed by atoms with Crippen LogP contribution < -0.4 is 0 Å². The summed E-state index contributed by atoms with van der Waals surface area (Å²) in [7, 11) is 0. The first-order chi connectivity index (χ1) is 5.63. The number of hydrogen-bond acceptors (Lipinski definition) is 4. The van der Waals surface area contributed by atoms with E-state index < -0.39 is 12.0 Å². The van der Waals surface area contributed by atoms with E-state index in [9.17, 15) is 14.7 Å². The predicted octanol–water partition coefficient (Wildman–Crippen LogP) is -0.476. The molecule has 0 rings (SSSR count). The Kier molecular flexibility index (Phi) is 5.49. The second-order valence-electron chi connectivity index (χ2n) is 2.78. The molecule has 0 saturated heterocycles. The lowest BCUT2D eigenvalue weighted by molar-refractivity contribution is -0.131. The van der Waals surface area contributed by atoms with Crippen molar-refractivity contribution in [2.24, 2.45) is 5.92 Å². The van der Waals surface area contributed by atoms with Gasteiger partial charge in [-0.2, -0.15) is 0 Å². The van der Waals surface area contributed by atoms with Gasteiger partial charge in [-0.3, -0.25) is 4.79 Å². The van der Waals surface area contributed by atoms with Crippen LogP contribution in [0.1, 0.15) is 19.8 Å². The molecule has 0 fully saturated rings. The lowest BCUT2D eigenvalue weighted by Crippen LogP contribution is -2.29. The van der Waals surface area contributed by atoms with E-state index in [1.165, 1.54) is 0 Å². The Morgan fingerprint density at radius 3 is 2.58 bits per heavy atom. The maximum atomic E-state index is 11.0. The number of aliphatic hydroxyl groups excluding tert-OH is 2. The van der Waals surface area contributed by atoms with Crippen molar-refractivity contribution in [3.05, 3.63) is 0 Å². The molecule has 0 aromatic rings. The summed E-state index contributed by atoms with van der Waals surface area (Å²) in [6.45, 7) is 1.34. The first kappa shape index (κ1) is 11.3. The summed E-state index contributed by atoms with van der Waals surface area (Å²) in [5.41, 5.74) is 0. The minimum Gasteiger partial charge on any atom is -0.396 e. The predicted molar refractivity (Wildman–Crippen MR) is 42.6 cm³/mol. The van der Waals surface area contributed by atoms with E-state index in [1.807, 2.05) is 0 Å². The fraction of sp³-hybridized carbons (Fsp3) is 0.750. The largest absolute Gasteiger partial charge is 0.396 e. The maximum Gasteiger partial charge on any atom is 0.162 e. The smallest absolute Gasteiger partial charge is 0.162 e. The van der Waals surface area contributed by atoms with Crippen molar-refractivity contribution in [3.63, 3.8) is 0 Å². The molecule has 0 saturated carbocycles. The van der Waals surface area contributed by atoms with Crippen LogP contribution in [0, 0.1) is 5.92 Å². The molecule has 0 aliphatic heterocycles. The van der Waals surface area contributed by atoms with Gasteiger partial charge in [0.15, 0.2) is 5.78 Å². The third-order valence-electron chi connectivity index (χ3n) is 1.67. The molecule has 4 nitrogen and oxygen atoms in total. The van der Waals surface area contributed by atoms with E-state index >= 15 is 0 Å². The van der Waals surface area contributed by atoms with Gasteiger partial charge in [0.1, 0.15) is 12.4 Å². The summed E-state index contributed by atoms with van der Waals surface area (Å²) in [6.07, 6.45) is -0.327. The molecule has 0 radical (unpaired) electrons. The molecule has 2 N–H and O–H groups in total. The van der Waals surface area contributed by atoms with Gasteiger partial charge in [-0.05, 0) is 0 Å². The zero-order valence-electron chi connectivity index (χ0n) is 7.06. The van der Waals surface area contributed by atoms with Crippen molar-refractivity contribution in [2.45, 2.75) is 25.9 Å². The monoisotopic (exact) mass is 174 g/mol. The SMILES string of the molecule is CC(CO)C(O)C(=O)CCC=O. The van der Waals surface area contributed by atoms with Gasteiger partial charge in [0, 0.05) is 25.4 Å². The van der Waals surface area contributed by atoms with Crippen molar-refractivity contribution in [3.8, 4) is 0 Å². The Morgan fingerprint density at radius 1 is 1.58 bits per heavy atom. The minimum atomic E-state index is -1.14. The second kappa shape index (κ2) is 5.85. The average molecular weight is 174 g/mol. The van der Waals surface area contributed by atoms with Crippen LogP contribution in [-0.2, 0) is 9.59 Å². The highest BCUT2D eigenvalue weighted by Crippen LogP contribution is 2.05. The average Bonchev–Trinajstić information content (AvgIpc) is 2.11. The molecule has 0 spiro atoms. The molecule has 0 heterocycles. The first-order valence-electron chi connectivity index (χ1n) is 3.88. The molecule has 2 unspecified atom stereocenters. The number of Topliss-reactive ketones (excluding diaryl/α,β-unsaturated/α-hetero) is 1. The van der Waals surface area contributed by atoms with E-state index in [0.29, 0.717) is 6.29 Å². The van der Waals surface area contributed by atoms with E-state index in [0.717, 1.165) is 0 Å². The Labute approximate surface area is 71.2 Å². The van der Waals surface area contributed by atoms with Gasteiger partial charge < -0.3 is 15.0 Å². The van der Waals surface area contributed by atoms with E-state index in [2.05, 4.69) is 0 Å². The number of rotatable bonds is 6. The molecular formula is C8H14O4. The van der Waals surface area contributed by atoms with E-state index in [4.69, 9.17) is 5.11 Å². The Bertz CT molecular complexity index is 155. The molecule has 0 amide bonds. The molecular weight excluding hydrogens is 160 g/mol. The van der Waals surface area contributed by atoms with Crippen molar-refractivity contribution in [1.29, 1.82) is 0 Å². The van der Waals surface area contributed by atoms with Gasteiger partial charge in [0.05, 0.1) is 0 Å². The molecule has 2 atom stereocenters. The lowest BCUT2D eigenvalue weighted by Gasteiger charge is -2.13. The zero-order chi connectivity index (χ0) is 9.56. The van der Waals surface area contributed by atoms with Crippen LogP contribution in [0.15, 0.2) is 0 Å². The summed E-state index contributed by atoms with van der Waals surface area (Å²) in [5.74, 6) is -0.840. The van der Waals surface area contributed by atoms with Gasteiger partial charge in [0.25, 0.3) is 0 Å². The van der Waals surface area contributed by atoms with Crippen molar-refractivity contribution in [1.82, 2.24) is 0 Å². The highest BCUT2D eigenvalue weighted by Gasteiger charge is 2.20. The van der Waals surface area contributed by atoms with Crippen molar-refractivity contribution in [2.75, 3.05) is 6.61 Å². The van der Waals surface area contributed by atoms with Crippen LogP contribution in [-0.4, -0.2) is 35.0 Å². The normalized spacial score (nSPS) is 15.2. The molecule has 12 heavy (non-hydrogen) atoms. The van der Waals surface area contributed by atoms with Gasteiger partial charge in [-0.15, -0.1) is 0 Å². The van der Waals surface area contributed by atoms with Crippen LogP contribution in [0.2, 0.25) is 0 Å². The summed E-state index contributed by atoms with van der Waals surface area (Å²) in [5, 5.41) is 17.8. The minimum absolute atomic E-state index is 0.0506. The number of ketones is 1. The summed E-state index contributed by atoms with van der Waals surface area (Å²) < 4.78 is 0. The Morgan fingerprint density at radius 2 is 2.17 bits per heavy atom. The number of aldehydes is 1. The van der Waals surface area contributed by atoms with E-state index in [-0.39, 0.29) is 25.2 Å².